The van der Waals surface area contributed by atoms with Gasteiger partial charge in [0.1, 0.15) is 0 Å². The molecule has 4 bridgehead atoms. The Bertz CT molecular complexity index is 1320. The fourth-order valence-corrected chi connectivity index (χ4v) is 8.56. The number of rotatable bonds is 2. The van der Waals surface area contributed by atoms with Crippen LogP contribution in [0.2, 0.25) is 0 Å². The molecule has 0 amide bonds. The molecule has 188 valence electrons. The maximum absolute atomic E-state index is 2.67. The van der Waals surface area contributed by atoms with Crippen LogP contribution in [0.4, 0.5) is 0 Å². The van der Waals surface area contributed by atoms with Crippen molar-refractivity contribution in [1.29, 1.82) is 0 Å². The quantitative estimate of drug-likeness (QED) is 0.400. The molecule has 0 heterocycles. The van der Waals surface area contributed by atoms with Gasteiger partial charge in [-0.25, -0.2) is 0 Å². The molecule has 5 aliphatic rings. The van der Waals surface area contributed by atoms with Gasteiger partial charge in [0.15, 0.2) is 0 Å². The van der Waals surface area contributed by atoms with E-state index in [0.717, 1.165) is 17.8 Å². The number of benzene rings is 2. The molecule has 3 heteroatoms. The third kappa shape index (κ3) is 4.83. The van der Waals surface area contributed by atoms with Crippen LogP contribution in [-0.4, -0.2) is 3.21 Å². The normalized spacial score (nSPS) is 30.0. The Balaban J connectivity index is 0.000000475. The summed E-state index contributed by atoms with van der Waals surface area (Å²) in [4.78, 5) is 0. The smallest absolute Gasteiger partial charge is 1.00 e. The summed E-state index contributed by atoms with van der Waals surface area (Å²) < 4.78 is 1.51. The van der Waals surface area contributed by atoms with Crippen molar-refractivity contribution in [3.05, 3.63) is 71.3 Å². The van der Waals surface area contributed by atoms with Gasteiger partial charge in [0, 0.05) is 5.92 Å². The van der Waals surface area contributed by atoms with E-state index in [0.29, 0.717) is 11.3 Å². The molecule has 3 aromatic carbocycles. The zero-order valence-corrected chi connectivity index (χ0v) is 26.0. The molecule has 36 heavy (non-hydrogen) atoms. The van der Waals surface area contributed by atoms with E-state index in [2.05, 4.69) is 82.3 Å². The van der Waals surface area contributed by atoms with Gasteiger partial charge in [0.2, 0.25) is 0 Å². The second-order valence-electron chi connectivity index (χ2n) is 12.1. The molecular formula is C33H37Cl2Zr-. The maximum atomic E-state index is 2.67. The molecule has 4 saturated carbocycles. The minimum atomic E-state index is 0. The zero-order chi connectivity index (χ0) is 23.6. The van der Waals surface area contributed by atoms with Crippen LogP contribution in [0.3, 0.4) is 0 Å². The van der Waals surface area contributed by atoms with Gasteiger partial charge in [0.05, 0.1) is 0 Å². The van der Waals surface area contributed by atoms with Crippen molar-refractivity contribution in [1.82, 2.24) is 0 Å². The average Bonchev–Trinajstić information content (AvgIpc) is 3.29. The van der Waals surface area contributed by atoms with E-state index in [4.69, 9.17) is 0 Å². The maximum Gasteiger partial charge on any atom is -1.00 e. The summed E-state index contributed by atoms with van der Waals surface area (Å²) in [5.74, 6) is 3.57. The number of hydrogen-bond donors (Lipinski definition) is 0. The van der Waals surface area contributed by atoms with E-state index in [1.807, 2.05) is 0 Å². The van der Waals surface area contributed by atoms with Gasteiger partial charge in [-0.2, -0.15) is 0 Å². The monoisotopic (exact) mass is 593 g/mol. The first-order chi connectivity index (χ1) is 16.3. The van der Waals surface area contributed by atoms with Crippen molar-refractivity contribution in [3.63, 3.8) is 0 Å². The Morgan fingerprint density at radius 1 is 0.861 bits per heavy atom. The van der Waals surface area contributed by atoms with E-state index < -0.39 is 0 Å². The van der Waals surface area contributed by atoms with Gasteiger partial charge < -0.3 is 24.8 Å². The van der Waals surface area contributed by atoms with Crippen LogP contribution in [0.25, 0.3) is 27.1 Å². The minimum Gasteiger partial charge on any atom is -1.00 e. The largest absolute Gasteiger partial charge is 1.00 e. The van der Waals surface area contributed by atoms with Gasteiger partial charge >= 0.3 is 41.3 Å². The predicted octanol–water partition coefficient (Wildman–Crippen LogP) is 3.03. The van der Waals surface area contributed by atoms with E-state index in [1.54, 1.807) is 41.0 Å². The molecule has 3 aromatic rings. The molecular weight excluding hydrogens is 558 g/mol. The zero-order valence-electron chi connectivity index (χ0n) is 22.0. The van der Waals surface area contributed by atoms with Crippen LogP contribution in [-0.2, 0) is 24.2 Å². The first kappa shape index (κ1) is 28.1. The Morgan fingerprint density at radius 3 is 2.03 bits per heavy atom. The van der Waals surface area contributed by atoms with Crippen molar-refractivity contribution in [2.75, 3.05) is 0 Å². The van der Waals surface area contributed by atoms with Gasteiger partial charge in [-0.15, -0.1) is 39.7 Å². The fourth-order valence-electron chi connectivity index (χ4n) is 8.56. The van der Waals surface area contributed by atoms with Crippen molar-refractivity contribution in [3.8, 4) is 0 Å². The molecule has 1 unspecified atom stereocenters. The molecule has 4 fully saturated rings. The number of hydrogen-bond acceptors (Lipinski definition) is 0. The van der Waals surface area contributed by atoms with Crippen molar-refractivity contribution in [2.24, 2.45) is 29.1 Å². The Hall–Kier alpha value is -0.877. The van der Waals surface area contributed by atoms with Gasteiger partial charge in [0.25, 0.3) is 0 Å². The molecule has 8 rings (SSSR count). The molecule has 0 aliphatic heterocycles. The first-order valence-electron chi connectivity index (χ1n) is 13.4. The van der Waals surface area contributed by atoms with Crippen LogP contribution in [0.15, 0.2) is 65.8 Å². The summed E-state index contributed by atoms with van der Waals surface area (Å²) >= 11 is 1.55. The minimum absolute atomic E-state index is 0. The summed E-state index contributed by atoms with van der Waals surface area (Å²) in [6.45, 7) is 9.12. The van der Waals surface area contributed by atoms with E-state index in [1.165, 1.54) is 68.8 Å². The second kappa shape index (κ2) is 10.7. The Morgan fingerprint density at radius 2 is 1.42 bits per heavy atom. The average molecular weight is 596 g/mol. The topological polar surface area (TPSA) is 0 Å². The van der Waals surface area contributed by atoms with E-state index in [-0.39, 0.29) is 24.8 Å². The van der Waals surface area contributed by atoms with Crippen molar-refractivity contribution in [2.45, 2.75) is 66.2 Å². The van der Waals surface area contributed by atoms with Crippen molar-refractivity contribution < 1.29 is 49.0 Å². The van der Waals surface area contributed by atoms with Gasteiger partial charge in [-0.05, 0) is 90.9 Å². The molecule has 0 saturated heterocycles. The predicted molar refractivity (Wildman–Crippen MR) is 144 cm³/mol. The number of halogens is 2. The van der Waals surface area contributed by atoms with Crippen LogP contribution >= 0.6 is 0 Å². The molecule has 0 nitrogen and oxygen atoms in total. The fraction of sp³-hybridized carbons (Fsp3) is 0.455. The van der Waals surface area contributed by atoms with Crippen LogP contribution in [0, 0.1) is 29.1 Å². The molecule has 0 aromatic heterocycles. The molecule has 0 radical (unpaired) electrons. The van der Waals surface area contributed by atoms with Gasteiger partial charge in [-0.3, -0.25) is 0 Å². The van der Waals surface area contributed by atoms with Gasteiger partial charge in [-0.1, -0.05) is 43.3 Å². The first-order valence-corrected chi connectivity index (χ1v) is 14.6. The van der Waals surface area contributed by atoms with Crippen LogP contribution in [0.1, 0.15) is 71.8 Å². The van der Waals surface area contributed by atoms with Crippen LogP contribution in [0.5, 0.6) is 0 Å². The van der Waals surface area contributed by atoms with Crippen LogP contribution < -0.4 is 24.8 Å². The van der Waals surface area contributed by atoms with Crippen molar-refractivity contribution >= 4 is 30.3 Å². The second-order valence-corrected chi connectivity index (χ2v) is 14.6. The number of fused-ring (bicyclic) bond motifs is 3. The van der Waals surface area contributed by atoms with E-state index >= 15 is 0 Å². The summed E-state index contributed by atoms with van der Waals surface area (Å²) in [6.07, 6.45) is 11.7. The summed E-state index contributed by atoms with van der Waals surface area (Å²) in [6, 6.07) is 18.4. The molecule has 1 atom stereocenters. The molecule has 0 N–H and O–H groups in total. The number of allylic oxidation sites excluding steroid dienone is 4. The summed E-state index contributed by atoms with van der Waals surface area (Å²) in [7, 11) is 0. The standard InChI is InChI=1S/C30H31.C3H6.2ClH.Zr/c1-18-9-28(30-15-20-10-21(16-30)12-22(11-20)17-30)19(2)29(18)25-8-7-24-13-23-5-3-4-6-26(23)27(24)14-25;1-3-2;;;/h3-9,13-14,18,20-22H,10-12,15-17H2,1-2H3;1-2H3;2*1H;/q-1;;;;+2/p-2. The van der Waals surface area contributed by atoms with E-state index in [9.17, 15) is 0 Å². The third-order valence-corrected chi connectivity index (χ3v) is 9.22. The summed E-state index contributed by atoms with van der Waals surface area (Å²) in [5.41, 5.74) is 6.90. The summed E-state index contributed by atoms with van der Waals surface area (Å²) in [5, 5.41) is 5.55. The third-order valence-electron chi connectivity index (χ3n) is 9.22. The molecule has 5 aliphatic carbocycles. The SMILES string of the molecule is CC1=C(c2ccc3[cH-]c4ccccc4c3c2)C(C)C=C1C12CC3CC(CC(C3)C1)C2.C[C](C)=[Zr+2].[Cl-].[Cl-]. The Kier molecular flexibility index (Phi) is 8.37. The molecule has 0 spiro atoms. The Labute approximate surface area is 244 Å².